The third-order valence-corrected chi connectivity index (χ3v) is 3.88. The van der Waals surface area contributed by atoms with Crippen molar-refractivity contribution in [1.82, 2.24) is 10.2 Å². The van der Waals surface area contributed by atoms with Crippen molar-refractivity contribution in [2.24, 2.45) is 5.41 Å². The minimum Gasteiger partial charge on any atom is -0.344 e. The van der Waals surface area contributed by atoms with Gasteiger partial charge in [-0.3, -0.25) is 9.59 Å². The van der Waals surface area contributed by atoms with E-state index >= 15 is 0 Å². The van der Waals surface area contributed by atoms with E-state index in [2.05, 4.69) is 5.32 Å². The molecule has 0 fully saturated rings. The molecule has 1 aromatic rings. The van der Waals surface area contributed by atoms with Crippen LogP contribution in [-0.4, -0.2) is 29.3 Å². The second kappa shape index (κ2) is 6.88. The fourth-order valence-electron chi connectivity index (χ4n) is 1.68. The first-order valence-corrected chi connectivity index (χ1v) is 7.75. The Morgan fingerprint density at radius 1 is 1.40 bits per heavy atom. The van der Waals surface area contributed by atoms with Gasteiger partial charge in [-0.1, -0.05) is 26.8 Å². The average Bonchev–Trinajstić information content (AvgIpc) is 2.86. The predicted octanol–water partition coefficient (Wildman–Crippen LogP) is 2.65. The van der Waals surface area contributed by atoms with Crippen LogP contribution in [0.5, 0.6) is 0 Å². The summed E-state index contributed by atoms with van der Waals surface area (Å²) in [5.41, 5.74) is -0.487. The topological polar surface area (TPSA) is 49.4 Å². The number of amides is 2. The molecule has 2 amide bonds. The molecule has 0 spiro atoms. The molecule has 1 N–H and O–H groups in total. The third-order valence-electron chi connectivity index (χ3n) is 3.02. The zero-order valence-electron chi connectivity index (χ0n) is 12.9. The SMILES string of the molecule is CCN(Cc1cccs1)C(=O)C(C)NC(=O)C(C)(C)C. The van der Waals surface area contributed by atoms with Gasteiger partial charge in [0.2, 0.25) is 11.8 Å². The second-order valence-corrected chi connectivity index (χ2v) is 6.91. The van der Waals surface area contributed by atoms with Crippen LogP contribution in [0.25, 0.3) is 0 Å². The average molecular weight is 296 g/mol. The Balaban J connectivity index is 2.64. The van der Waals surface area contributed by atoms with E-state index in [1.807, 2.05) is 45.2 Å². The summed E-state index contributed by atoms with van der Waals surface area (Å²) in [6.07, 6.45) is 0. The van der Waals surface area contributed by atoms with Crippen LogP contribution in [0.1, 0.15) is 39.5 Å². The summed E-state index contributed by atoms with van der Waals surface area (Å²) in [4.78, 5) is 27.2. The third kappa shape index (κ3) is 4.63. The molecule has 1 unspecified atom stereocenters. The highest BCUT2D eigenvalue weighted by Gasteiger charge is 2.27. The lowest BCUT2D eigenvalue weighted by Gasteiger charge is -2.26. The van der Waals surface area contributed by atoms with E-state index in [1.54, 1.807) is 23.2 Å². The number of likely N-dealkylation sites (N-methyl/N-ethyl adjacent to an activating group) is 1. The molecule has 1 aromatic heterocycles. The van der Waals surface area contributed by atoms with E-state index in [-0.39, 0.29) is 11.8 Å². The molecule has 5 heteroatoms. The number of rotatable bonds is 5. The molecule has 1 heterocycles. The van der Waals surface area contributed by atoms with Crippen molar-refractivity contribution in [3.8, 4) is 0 Å². The molecule has 20 heavy (non-hydrogen) atoms. The van der Waals surface area contributed by atoms with Gasteiger partial charge in [0.25, 0.3) is 0 Å². The standard InChI is InChI=1S/C15H24N2O2S/c1-6-17(10-12-8-7-9-20-12)13(18)11(2)16-14(19)15(3,4)5/h7-9,11H,6,10H2,1-5H3,(H,16,19). The molecule has 4 nitrogen and oxygen atoms in total. The van der Waals surface area contributed by atoms with Gasteiger partial charge in [-0.15, -0.1) is 11.3 Å². The van der Waals surface area contributed by atoms with Crippen molar-refractivity contribution >= 4 is 23.2 Å². The normalized spacial score (nSPS) is 12.8. The first-order valence-electron chi connectivity index (χ1n) is 6.87. The quantitative estimate of drug-likeness (QED) is 0.908. The Bertz CT molecular complexity index is 449. The van der Waals surface area contributed by atoms with Crippen molar-refractivity contribution in [3.63, 3.8) is 0 Å². The molecule has 0 aliphatic carbocycles. The summed E-state index contributed by atoms with van der Waals surface area (Å²) in [7, 11) is 0. The van der Waals surface area contributed by atoms with E-state index in [4.69, 9.17) is 0 Å². The van der Waals surface area contributed by atoms with Gasteiger partial charge in [0.15, 0.2) is 0 Å². The highest BCUT2D eigenvalue weighted by Crippen LogP contribution is 2.15. The zero-order valence-corrected chi connectivity index (χ0v) is 13.7. The van der Waals surface area contributed by atoms with Crippen LogP contribution in [-0.2, 0) is 16.1 Å². The van der Waals surface area contributed by atoms with Crippen molar-refractivity contribution in [3.05, 3.63) is 22.4 Å². The molecule has 0 aromatic carbocycles. The molecular formula is C15H24N2O2S. The van der Waals surface area contributed by atoms with E-state index in [0.717, 1.165) is 4.88 Å². The van der Waals surface area contributed by atoms with Gasteiger partial charge in [0.05, 0.1) is 6.54 Å². The number of nitrogens with one attached hydrogen (secondary N) is 1. The smallest absolute Gasteiger partial charge is 0.245 e. The molecule has 1 rings (SSSR count). The maximum atomic E-state index is 12.4. The predicted molar refractivity (Wildman–Crippen MR) is 82.5 cm³/mol. The van der Waals surface area contributed by atoms with E-state index in [9.17, 15) is 9.59 Å². The van der Waals surface area contributed by atoms with Crippen LogP contribution in [0.2, 0.25) is 0 Å². The maximum Gasteiger partial charge on any atom is 0.245 e. The fourth-order valence-corrected chi connectivity index (χ4v) is 2.40. The number of nitrogens with zero attached hydrogens (tertiary/aromatic N) is 1. The van der Waals surface area contributed by atoms with Crippen molar-refractivity contribution in [2.45, 2.75) is 47.2 Å². The Labute approximate surface area is 125 Å². The van der Waals surface area contributed by atoms with Crippen LogP contribution in [0, 0.1) is 5.41 Å². The molecule has 0 aliphatic rings. The maximum absolute atomic E-state index is 12.4. The van der Waals surface area contributed by atoms with Crippen LogP contribution in [0.4, 0.5) is 0 Å². The Kier molecular flexibility index (Phi) is 5.74. The van der Waals surface area contributed by atoms with Crippen molar-refractivity contribution < 1.29 is 9.59 Å². The molecule has 0 saturated carbocycles. The highest BCUT2D eigenvalue weighted by molar-refractivity contribution is 7.09. The molecule has 112 valence electrons. The lowest BCUT2D eigenvalue weighted by Crippen LogP contribution is -2.49. The Morgan fingerprint density at radius 2 is 2.05 bits per heavy atom. The van der Waals surface area contributed by atoms with Crippen molar-refractivity contribution in [2.75, 3.05) is 6.54 Å². The van der Waals surface area contributed by atoms with Gasteiger partial charge in [0, 0.05) is 16.8 Å². The summed E-state index contributed by atoms with van der Waals surface area (Å²) in [5.74, 6) is -0.149. The number of carbonyl (C=O) groups is 2. The molecular weight excluding hydrogens is 272 g/mol. The summed E-state index contributed by atoms with van der Waals surface area (Å²) in [6, 6.07) is 3.49. The van der Waals surface area contributed by atoms with Gasteiger partial charge in [-0.25, -0.2) is 0 Å². The second-order valence-electron chi connectivity index (χ2n) is 5.88. The van der Waals surface area contributed by atoms with E-state index in [1.165, 1.54) is 0 Å². The Morgan fingerprint density at radius 3 is 2.50 bits per heavy atom. The number of hydrogen-bond donors (Lipinski definition) is 1. The van der Waals surface area contributed by atoms with Gasteiger partial charge in [0.1, 0.15) is 6.04 Å². The van der Waals surface area contributed by atoms with E-state index < -0.39 is 11.5 Å². The lowest BCUT2D eigenvalue weighted by molar-refractivity contribution is -0.138. The van der Waals surface area contributed by atoms with E-state index in [0.29, 0.717) is 13.1 Å². The summed E-state index contributed by atoms with van der Waals surface area (Å²) in [5, 5.41) is 4.79. The van der Waals surface area contributed by atoms with Crippen molar-refractivity contribution in [1.29, 1.82) is 0 Å². The molecule has 0 saturated heterocycles. The highest BCUT2D eigenvalue weighted by atomic mass is 32.1. The first-order chi connectivity index (χ1) is 9.25. The van der Waals surface area contributed by atoms with Crippen LogP contribution < -0.4 is 5.32 Å². The number of hydrogen-bond acceptors (Lipinski definition) is 3. The molecule has 0 radical (unpaired) electrons. The van der Waals surface area contributed by atoms with Crippen LogP contribution >= 0.6 is 11.3 Å². The number of thiophene rings is 1. The summed E-state index contributed by atoms with van der Waals surface area (Å²) in [6.45, 7) is 10.4. The summed E-state index contributed by atoms with van der Waals surface area (Å²) < 4.78 is 0. The zero-order chi connectivity index (χ0) is 15.3. The minimum atomic E-state index is -0.498. The summed E-state index contributed by atoms with van der Waals surface area (Å²) >= 11 is 1.63. The first kappa shape index (κ1) is 16.7. The molecule has 1 atom stereocenters. The van der Waals surface area contributed by atoms with Crippen LogP contribution in [0.3, 0.4) is 0 Å². The largest absolute Gasteiger partial charge is 0.344 e. The monoisotopic (exact) mass is 296 g/mol. The number of carbonyl (C=O) groups excluding carboxylic acids is 2. The Hall–Kier alpha value is -1.36. The van der Waals surface area contributed by atoms with Gasteiger partial charge < -0.3 is 10.2 Å². The van der Waals surface area contributed by atoms with Crippen LogP contribution in [0.15, 0.2) is 17.5 Å². The molecule has 0 bridgehead atoms. The lowest BCUT2D eigenvalue weighted by atomic mass is 9.95. The fraction of sp³-hybridized carbons (Fsp3) is 0.600. The minimum absolute atomic E-state index is 0.0431. The van der Waals surface area contributed by atoms with Gasteiger partial charge in [-0.05, 0) is 25.3 Å². The van der Waals surface area contributed by atoms with Gasteiger partial charge in [-0.2, -0.15) is 0 Å². The van der Waals surface area contributed by atoms with Gasteiger partial charge >= 0.3 is 0 Å². The molecule has 0 aliphatic heterocycles.